The van der Waals surface area contributed by atoms with Crippen molar-refractivity contribution in [3.05, 3.63) is 35.7 Å². The molecule has 450 valence electrons. The molecule has 2 aromatic rings. The molecule has 80 heavy (non-hydrogen) atoms. The van der Waals surface area contributed by atoms with Gasteiger partial charge in [-0.15, -0.1) is 10.2 Å². The van der Waals surface area contributed by atoms with Gasteiger partial charge in [0, 0.05) is 75.9 Å². The maximum absolute atomic E-state index is 12.6. The molecule has 3 unspecified atom stereocenters. The number of carboxylic acid groups (broad SMARTS) is 3. The first kappa shape index (κ1) is 73.8. The molecule has 11 N–H and O–H groups in total. The predicted octanol–water partition coefficient (Wildman–Crippen LogP) is 1.48. The number of nitrogens with one attached hydrogen (secondary N) is 6. The number of hydrogen-bond donors (Lipinski definition) is 10. The summed E-state index contributed by atoms with van der Waals surface area (Å²) >= 11 is 7.39. The van der Waals surface area contributed by atoms with Crippen LogP contribution in [0.15, 0.2) is 24.3 Å². The van der Waals surface area contributed by atoms with Gasteiger partial charge in [0.15, 0.2) is 11.6 Å². The normalized spacial score (nSPS) is 12.2. The molecule has 0 fully saturated rings. The van der Waals surface area contributed by atoms with Crippen LogP contribution in [0.4, 0.5) is 5.69 Å². The van der Waals surface area contributed by atoms with E-state index in [1.807, 2.05) is 4.72 Å². The van der Waals surface area contributed by atoms with Crippen molar-refractivity contribution in [3.8, 4) is 0 Å². The number of tetrazole rings is 1. The minimum atomic E-state index is -3.93. The topological polar surface area (TPSA) is 443 Å². The quantitative estimate of drug-likeness (QED) is 0.0255. The monoisotopic (exact) mass is 1530 g/mol. The molecule has 1 aromatic heterocycles. The Morgan fingerprint density at radius 1 is 0.613 bits per heavy atom. The average Bonchev–Trinajstić information content (AvgIpc) is 3.90. The van der Waals surface area contributed by atoms with E-state index < -0.39 is 107 Å². The van der Waals surface area contributed by atoms with E-state index in [2.05, 4.69) is 102 Å². The molecule has 0 aliphatic rings. The molecule has 3 atom stereocenters. The summed E-state index contributed by atoms with van der Waals surface area (Å²) in [7, 11) is -3.93. The Morgan fingerprint density at radius 2 is 1.23 bits per heavy atom. The molecule has 29 nitrogen and oxygen atoms in total. The molecule has 0 aliphatic carbocycles. The maximum atomic E-state index is 12.6. The van der Waals surface area contributed by atoms with Gasteiger partial charge in [0.2, 0.25) is 33.7 Å². The number of sulfonamides is 1. The second-order valence-electron chi connectivity index (χ2n) is 17.3. The van der Waals surface area contributed by atoms with Crippen molar-refractivity contribution in [2.24, 2.45) is 5.92 Å². The van der Waals surface area contributed by atoms with Crippen LogP contribution < -0.4 is 31.7 Å². The van der Waals surface area contributed by atoms with Crippen LogP contribution in [0.5, 0.6) is 0 Å². The number of anilines is 1. The summed E-state index contributed by atoms with van der Waals surface area (Å²) < 4.78 is 47.4. The number of carbonyl (C=O) groups excluding carboxylic acids is 7. The summed E-state index contributed by atoms with van der Waals surface area (Å²) in [6.45, 7) is -0.232. The standard InChI is InChI=1S/C46H70N10O19S.3HI.V/c47-33-14-11-31(12-15-33)43(63)49-19-2-1-7-36(45(66)67)51-42(62)30-75-26-23-72-21-4-6-34(57)16-17-37(46(68)69)50-40(60)18-13-32(44(64)65)28-35(58)29-74-25-24-73-22-20-48-39(59)10-5-27-76(70,71)54-41(61)9-3-8-38-52-55-56-53-38;;;;/h11-12,14-15,32,36-37H,1-10,13,16-30,47H2,(H,48,59)(H,49,63)(H,50,60)(H,51,62)(H,54,61)(H,64,65)(H,66,67)(H,68,69)(H,52,53,55,56);3*1H;/q;;;;+3/p-3. The predicted molar refractivity (Wildman–Crippen MR) is 306 cm³/mol. The van der Waals surface area contributed by atoms with Gasteiger partial charge >= 0.3 is 82.8 Å². The van der Waals surface area contributed by atoms with Crippen LogP contribution in [0, 0.1) is 5.92 Å². The molecular formula is C46H70I3N10O19SV. The molecule has 0 radical (unpaired) electrons. The van der Waals surface area contributed by atoms with Gasteiger partial charge in [-0.1, -0.05) is 5.21 Å². The Kier molecular flexibility index (Phi) is 40.9. The van der Waals surface area contributed by atoms with Crippen LogP contribution in [-0.4, -0.2) is 187 Å². The number of nitrogens with two attached hydrogens (primary N) is 1. The zero-order chi connectivity index (χ0) is 59.7. The number of aryl methyl sites for hydroxylation is 1. The van der Waals surface area contributed by atoms with Gasteiger partial charge in [0.1, 0.15) is 31.1 Å². The van der Waals surface area contributed by atoms with Gasteiger partial charge in [-0.25, -0.2) is 18.0 Å². The Balaban J connectivity index is 0.00000772. The number of nitrogen functional groups attached to an aromatic ring is 1. The molecular weight excluding hydrogens is 1460 g/mol. The number of halogens is 3. The van der Waals surface area contributed by atoms with E-state index in [0.29, 0.717) is 49.3 Å². The molecule has 0 aliphatic heterocycles. The number of aromatic amines is 1. The van der Waals surface area contributed by atoms with Crippen LogP contribution >= 0.6 is 59.9 Å². The third-order valence-electron chi connectivity index (χ3n) is 10.7. The number of Topliss-reactive ketones (excluding diaryl/α,β-unsaturated/α-hetero) is 2. The number of carbonyl (C=O) groups is 10. The van der Waals surface area contributed by atoms with Gasteiger partial charge in [-0.3, -0.25) is 43.1 Å². The molecule has 2 rings (SSSR count). The van der Waals surface area contributed by atoms with Crippen molar-refractivity contribution >= 4 is 135 Å². The van der Waals surface area contributed by atoms with Gasteiger partial charge in [-0.2, -0.15) is 5.21 Å². The molecule has 1 aromatic carbocycles. The second kappa shape index (κ2) is 44.4. The number of aromatic nitrogens is 4. The summed E-state index contributed by atoms with van der Waals surface area (Å²) in [4.78, 5) is 121. The fourth-order valence-electron chi connectivity index (χ4n) is 6.72. The van der Waals surface area contributed by atoms with E-state index in [1.54, 1.807) is 24.3 Å². The molecule has 1 heterocycles. The SMILES string of the molecule is Nc1ccc(C(=O)NCCCCC(NC(=O)COCCOCCCC(=O)CCC(NC(=O)CCC(CC(=O)COCCOCCNC(=O)CCCS(=O)(=O)NC(=O)CCCc2nn[nH]n2)C(=O)O)C(=O)O)C(=O)O)cc1.[I][V]([I])[I]. The van der Waals surface area contributed by atoms with Crippen molar-refractivity contribution < 1.29 is 95.6 Å². The van der Waals surface area contributed by atoms with E-state index in [9.17, 15) is 71.7 Å². The average molecular weight is 1530 g/mol. The Bertz CT molecular complexity index is 2340. The van der Waals surface area contributed by atoms with Gasteiger partial charge in [0.25, 0.3) is 5.91 Å². The number of H-pyrrole nitrogens is 1. The molecule has 0 saturated carbocycles. The number of ketones is 2. The van der Waals surface area contributed by atoms with Gasteiger partial charge in [-0.05, 0) is 75.6 Å². The van der Waals surface area contributed by atoms with Crippen LogP contribution in [0.2, 0.25) is 0 Å². The summed E-state index contributed by atoms with van der Waals surface area (Å²) in [6.07, 6.45) is 0.183. The van der Waals surface area contributed by atoms with Gasteiger partial charge < -0.3 is 61.3 Å². The van der Waals surface area contributed by atoms with Crippen LogP contribution in [0.1, 0.15) is 106 Å². The first-order valence-corrected chi connectivity index (χ1v) is 40.2. The summed E-state index contributed by atoms with van der Waals surface area (Å²) in [6, 6.07) is 3.80. The number of nitrogens with zero attached hydrogens (tertiary/aromatic N) is 3. The van der Waals surface area contributed by atoms with E-state index in [0.717, 1.165) is 0 Å². The first-order chi connectivity index (χ1) is 38.0. The van der Waals surface area contributed by atoms with E-state index in [-0.39, 0.29) is 121 Å². The molecule has 5 amide bonds. The zero-order valence-corrected chi connectivity index (χ0v) is 52.4. The van der Waals surface area contributed by atoms with Crippen LogP contribution in [0.25, 0.3) is 0 Å². The number of rotatable bonds is 45. The molecule has 0 bridgehead atoms. The number of hydrogen-bond acceptors (Lipinski definition) is 20. The van der Waals surface area contributed by atoms with E-state index in [4.69, 9.17) is 24.7 Å². The number of amides is 5. The number of carboxylic acids is 3. The van der Waals surface area contributed by atoms with Crippen LogP contribution in [0.3, 0.4) is 0 Å². The third-order valence-corrected chi connectivity index (χ3v) is 12.1. The Hall–Kier alpha value is -4.25. The Morgan fingerprint density at radius 3 is 1.86 bits per heavy atom. The molecule has 0 spiro atoms. The molecule has 34 heteroatoms. The first-order valence-electron chi connectivity index (χ1n) is 25.0. The third kappa shape index (κ3) is 40.0. The van der Waals surface area contributed by atoms with Crippen LogP contribution in [-0.2, 0) is 83.5 Å². The number of ether oxygens (including phenoxy) is 4. The number of unbranched alkanes of at least 4 members (excludes halogenated alkanes) is 1. The van der Waals surface area contributed by atoms with Crippen molar-refractivity contribution in [2.75, 3.05) is 77.4 Å². The van der Waals surface area contributed by atoms with E-state index >= 15 is 0 Å². The Labute approximate surface area is 500 Å². The van der Waals surface area contributed by atoms with Crippen molar-refractivity contribution in [1.29, 1.82) is 0 Å². The van der Waals surface area contributed by atoms with Crippen molar-refractivity contribution in [2.45, 2.75) is 108 Å². The fraction of sp³-hybridized carbons (Fsp3) is 0.630. The van der Waals surface area contributed by atoms with Gasteiger partial charge in [0.05, 0.1) is 44.7 Å². The van der Waals surface area contributed by atoms with E-state index in [1.165, 1.54) is 0 Å². The summed E-state index contributed by atoms with van der Waals surface area (Å²) in [5.74, 6) is -9.02. The fourth-order valence-corrected chi connectivity index (χ4v) is 7.79. The summed E-state index contributed by atoms with van der Waals surface area (Å²) in [5, 5.41) is 51.8. The second-order valence-corrected chi connectivity index (χ2v) is 54.5. The number of benzene rings is 1. The van der Waals surface area contributed by atoms with Crippen molar-refractivity contribution in [3.63, 3.8) is 0 Å². The number of aliphatic carboxylic acids is 3. The summed E-state index contributed by atoms with van der Waals surface area (Å²) in [5.41, 5.74) is 6.58. The zero-order valence-electron chi connectivity index (χ0n) is 43.7. The van der Waals surface area contributed by atoms with Crippen molar-refractivity contribution in [1.82, 2.24) is 46.6 Å². The minimum absolute atomic E-state index is 0.00215. The molecule has 0 saturated heterocycles.